The molecule has 0 aromatic heterocycles. The standard InChI is InChI=1S/C23H29ClN4O4/c1-3-32-22(30)19-18(14-27-10-12-28(13-11-27)21(29)15-8-9-15)26(2)23(31)25-20(19)16-6-4-5-7-17(16)24/h4-7,15,20H,3,8-14H2,1-2H3,(H,25,31)/t20-/m0/s1. The Kier molecular flexibility index (Phi) is 6.71. The number of hydrogen-bond acceptors (Lipinski definition) is 5. The molecule has 0 spiro atoms. The topological polar surface area (TPSA) is 82.2 Å². The van der Waals surface area contributed by atoms with Gasteiger partial charge in [0.15, 0.2) is 0 Å². The molecule has 2 aliphatic heterocycles. The molecule has 1 aromatic rings. The fraction of sp³-hybridized carbons (Fsp3) is 0.522. The van der Waals surface area contributed by atoms with Gasteiger partial charge in [0.25, 0.3) is 0 Å². The number of piperazine rings is 1. The van der Waals surface area contributed by atoms with E-state index in [9.17, 15) is 14.4 Å². The van der Waals surface area contributed by atoms with Gasteiger partial charge in [-0.25, -0.2) is 9.59 Å². The van der Waals surface area contributed by atoms with Crippen LogP contribution in [0.4, 0.5) is 4.79 Å². The molecule has 1 aromatic carbocycles. The van der Waals surface area contributed by atoms with Gasteiger partial charge in [0, 0.05) is 56.4 Å². The Balaban J connectivity index is 1.61. The van der Waals surface area contributed by atoms with Crippen LogP contribution in [0.25, 0.3) is 0 Å². The van der Waals surface area contributed by atoms with E-state index in [0.717, 1.165) is 12.8 Å². The van der Waals surface area contributed by atoms with Crippen molar-refractivity contribution in [2.24, 2.45) is 5.92 Å². The van der Waals surface area contributed by atoms with Crippen LogP contribution in [-0.2, 0) is 14.3 Å². The maximum absolute atomic E-state index is 13.0. The number of nitrogens with one attached hydrogen (secondary N) is 1. The van der Waals surface area contributed by atoms with Crippen LogP contribution in [0.3, 0.4) is 0 Å². The number of likely N-dealkylation sites (N-methyl/N-ethyl adjacent to an activating group) is 1. The summed E-state index contributed by atoms with van der Waals surface area (Å²) in [5, 5.41) is 3.36. The molecule has 1 saturated heterocycles. The molecular formula is C23H29ClN4O4. The second-order valence-electron chi connectivity index (χ2n) is 8.42. The molecule has 1 aliphatic carbocycles. The van der Waals surface area contributed by atoms with Crippen molar-refractivity contribution in [2.75, 3.05) is 46.4 Å². The molecule has 3 aliphatic rings. The molecule has 0 unspecified atom stereocenters. The quantitative estimate of drug-likeness (QED) is 0.659. The van der Waals surface area contributed by atoms with Crippen molar-refractivity contribution < 1.29 is 19.1 Å². The monoisotopic (exact) mass is 460 g/mol. The van der Waals surface area contributed by atoms with E-state index in [4.69, 9.17) is 16.3 Å². The summed E-state index contributed by atoms with van der Waals surface area (Å²) < 4.78 is 5.37. The smallest absolute Gasteiger partial charge is 0.338 e. The summed E-state index contributed by atoms with van der Waals surface area (Å²) in [4.78, 5) is 43.8. The molecule has 1 N–H and O–H groups in total. The summed E-state index contributed by atoms with van der Waals surface area (Å²) >= 11 is 6.42. The summed E-state index contributed by atoms with van der Waals surface area (Å²) in [5.74, 6) is -0.00457. The molecule has 2 fully saturated rings. The third kappa shape index (κ3) is 4.61. The number of amides is 3. The Morgan fingerprint density at radius 2 is 1.84 bits per heavy atom. The van der Waals surface area contributed by atoms with E-state index in [0.29, 0.717) is 54.6 Å². The fourth-order valence-corrected chi connectivity index (χ4v) is 4.51. The summed E-state index contributed by atoms with van der Waals surface area (Å²) in [6, 6.07) is 6.17. The minimum Gasteiger partial charge on any atom is -0.463 e. The number of nitrogens with zero attached hydrogens (tertiary/aromatic N) is 3. The first-order valence-corrected chi connectivity index (χ1v) is 11.5. The summed E-state index contributed by atoms with van der Waals surface area (Å²) in [6.07, 6.45) is 2.00. The second-order valence-corrected chi connectivity index (χ2v) is 8.83. The molecule has 32 heavy (non-hydrogen) atoms. The molecule has 4 rings (SSSR count). The minimum atomic E-state index is -0.695. The Bertz CT molecular complexity index is 938. The zero-order valence-corrected chi connectivity index (χ0v) is 19.2. The van der Waals surface area contributed by atoms with E-state index in [1.54, 1.807) is 32.2 Å². The van der Waals surface area contributed by atoms with Crippen molar-refractivity contribution in [1.82, 2.24) is 20.0 Å². The third-order valence-electron chi connectivity index (χ3n) is 6.27. The number of rotatable bonds is 6. The molecular weight excluding hydrogens is 432 g/mol. The van der Waals surface area contributed by atoms with Gasteiger partial charge in [-0.1, -0.05) is 29.8 Å². The molecule has 0 radical (unpaired) electrons. The lowest BCUT2D eigenvalue weighted by atomic mass is 9.94. The highest BCUT2D eigenvalue weighted by atomic mass is 35.5. The van der Waals surface area contributed by atoms with E-state index in [2.05, 4.69) is 10.2 Å². The number of esters is 1. The largest absolute Gasteiger partial charge is 0.463 e. The van der Waals surface area contributed by atoms with Gasteiger partial charge in [0.2, 0.25) is 5.91 Å². The zero-order valence-electron chi connectivity index (χ0n) is 18.5. The van der Waals surface area contributed by atoms with Crippen LogP contribution in [0.1, 0.15) is 31.4 Å². The Morgan fingerprint density at radius 1 is 1.16 bits per heavy atom. The Hall–Kier alpha value is -2.58. The van der Waals surface area contributed by atoms with Crippen molar-refractivity contribution in [1.29, 1.82) is 0 Å². The number of carbonyl (C=O) groups is 3. The van der Waals surface area contributed by atoms with Crippen LogP contribution < -0.4 is 5.32 Å². The number of benzene rings is 1. The lowest BCUT2D eigenvalue weighted by Crippen LogP contribution is -2.53. The molecule has 172 valence electrons. The van der Waals surface area contributed by atoms with Crippen LogP contribution >= 0.6 is 11.6 Å². The van der Waals surface area contributed by atoms with Crippen molar-refractivity contribution in [3.63, 3.8) is 0 Å². The van der Waals surface area contributed by atoms with Crippen LogP contribution in [0.15, 0.2) is 35.5 Å². The zero-order chi connectivity index (χ0) is 22.8. The van der Waals surface area contributed by atoms with Crippen molar-refractivity contribution in [3.8, 4) is 0 Å². The first kappa shape index (κ1) is 22.6. The summed E-state index contributed by atoms with van der Waals surface area (Å²) in [5.41, 5.74) is 1.63. The normalized spacial score (nSPS) is 22.1. The molecule has 3 amide bonds. The fourth-order valence-electron chi connectivity index (χ4n) is 4.27. The highest BCUT2D eigenvalue weighted by molar-refractivity contribution is 6.31. The number of carbonyl (C=O) groups excluding carboxylic acids is 3. The number of ether oxygens (including phenoxy) is 1. The lowest BCUT2D eigenvalue weighted by molar-refractivity contribution is -0.139. The van der Waals surface area contributed by atoms with E-state index in [-0.39, 0.29) is 24.5 Å². The van der Waals surface area contributed by atoms with Crippen molar-refractivity contribution in [3.05, 3.63) is 46.1 Å². The van der Waals surface area contributed by atoms with Gasteiger partial charge < -0.3 is 15.0 Å². The summed E-state index contributed by atoms with van der Waals surface area (Å²) in [7, 11) is 1.65. The maximum atomic E-state index is 13.0. The lowest BCUT2D eigenvalue weighted by Gasteiger charge is -2.39. The summed E-state index contributed by atoms with van der Waals surface area (Å²) in [6.45, 7) is 5.07. The molecule has 8 nitrogen and oxygen atoms in total. The maximum Gasteiger partial charge on any atom is 0.338 e. The van der Waals surface area contributed by atoms with Gasteiger partial charge in [-0.3, -0.25) is 14.6 Å². The highest BCUT2D eigenvalue weighted by Crippen LogP contribution is 2.35. The molecule has 0 bridgehead atoms. The van der Waals surface area contributed by atoms with Gasteiger partial charge in [0.05, 0.1) is 18.2 Å². The number of halogens is 1. The Morgan fingerprint density at radius 3 is 2.47 bits per heavy atom. The van der Waals surface area contributed by atoms with Crippen molar-refractivity contribution in [2.45, 2.75) is 25.8 Å². The molecule has 9 heteroatoms. The van der Waals surface area contributed by atoms with Crippen LogP contribution in [0.2, 0.25) is 5.02 Å². The van der Waals surface area contributed by atoms with E-state index < -0.39 is 12.0 Å². The number of urea groups is 1. The van der Waals surface area contributed by atoms with Gasteiger partial charge in [0.1, 0.15) is 0 Å². The van der Waals surface area contributed by atoms with Crippen LogP contribution in [0, 0.1) is 5.92 Å². The first-order chi connectivity index (χ1) is 15.4. The van der Waals surface area contributed by atoms with Gasteiger partial charge >= 0.3 is 12.0 Å². The number of hydrogen-bond donors (Lipinski definition) is 1. The SMILES string of the molecule is CCOC(=O)C1=C(CN2CCN(C(=O)C3CC3)CC2)N(C)C(=O)N[C@H]1c1ccccc1Cl. The predicted molar refractivity (Wildman–Crippen MR) is 120 cm³/mol. The predicted octanol–water partition coefficient (Wildman–Crippen LogP) is 2.41. The van der Waals surface area contributed by atoms with Crippen LogP contribution in [0.5, 0.6) is 0 Å². The van der Waals surface area contributed by atoms with Gasteiger partial charge in [-0.15, -0.1) is 0 Å². The average molecular weight is 461 g/mol. The third-order valence-corrected chi connectivity index (χ3v) is 6.62. The molecule has 1 saturated carbocycles. The average Bonchev–Trinajstić information content (AvgIpc) is 3.63. The second kappa shape index (κ2) is 9.50. The van der Waals surface area contributed by atoms with E-state index >= 15 is 0 Å². The minimum absolute atomic E-state index is 0.212. The molecule has 1 atom stereocenters. The van der Waals surface area contributed by atoms with E-state index in [1.165, 1.54) is 4.90 Å². The van der Waals surface area contributed by atoms with Gasteiger partial charge in [-0.05, 0) is 31.4 Å². The highest BCUT2D eigenvalue weighted by Gasteiger charge is 2.39. The molecule has 2 heterocycles. The first-order valence-electron chi connectivity index (χ1n) is 11.1. The van der Waals surface area contributed by atoms with Crippen LogP contribution in [-0.4, -0.2) is 79.0 Å². The van der Waals surface area contributed by atoms with E-state index in [1.807, 2.05) is 11.0 Å². The Labute approximate surface area is 193 Å². The van der Waals surface area contributed by atoms with Crippen molar-refractivity contribution >= 4 is 29.5 Å². The van der Waals surface area contributed by atoms with Gasteiger partial charge in [-0.2, -0.15) is 0 Å².